The van der Waals surface area contributed by atoms with Crippen molar-refractivity contribution >= 4 is 0 Å². The van der Waals surface area contributed by atoms with Crippen LogP contribution < -0.4 is 0 Å². The fraction of sp³-hybridized carbons (Fsp3) is 0.333. The quantitative estimate of drug-likeness (QED) is 0.204. The molecule has 1 aliphatic heterocycles. The molecule has 1 saturated heterocycles. The standard InChI is InChI=1S/C36H39NO5/c1-37-32-31(26-42-37)33(38-22-27-14-6-2-7-15-27)35(40-24-29-18-10-4-11-19-29)36(41-25-30-20-12-5-13-21-30)34(32)39-23-28-16-8-3-9-17-28/h2-21,31-36H,22-26H2,1H3/t31-,32-,33+,34+,35-,36-/m1/s1. The van der Waals surface area contributed by atoms with Crippen LogP contribution in [-0.4, -0.2) is 49.2 Å². The maximum atomic E-state index is 6.80. The molecule has 1 saturated carbocycles. The van der Waals surface area contributed by atoms with Crippen LogP contribution in [0.5, 0.6) is 0 Å². The first-order chi connectivity index (χ1) is 20.8. The third-order valence-corrected chi connectivity index (χ3v) is 8.20. The van der Waals surface area contributed by atoms with Gasteiger partial charge in [0.1, 0.15) is 18.3 Å². The molecule has 4 aromatic carbocycles. The van der Waals surface area contributed by atoms with Gasteiger partial charge in [-0.15, -0.1) is 0 Å². The second-order valence-electron chi connectivity index (χ2n) is 11.0. The molecule has 42 heavy (non-hydrogen) atoms. The third kappa shape index (κ3) is 6.98. The summed E-state index contributed by atoms with van der Waals surface area (Å²) in [4.78, 5) is 6.15. The van der Waals surface area contributed by atoms with Crippen molar-refractivity contribution in [3.05, 3.63) is 144 Å². The van der Waals surface area contributed by atoms with Crippen LogP contribution in [-0.2, 0) is 50.2 Å². The molecule has 0 bridgehead atoms. The lowest BCUT2D eigenvalue weighted by atomic mass is 9.77. The SMILES string of the molecule is CN1OC[C@H]2[C@H](OCc3ccccc3)[C@@H](OCc3ccccc3)[C@H](OCc3ccccc3)[C@@H](OCc3ccccc3)[C@@H]21. The molecule has 0 spiro atoms. The minimum atomic E-state index is -0.399. The van der Waals surface area contributed by atoms with Crippen molar-refractivity contribution < 1.29 is 23.8 Å². The summed E-state index contributed by atoms with van der Waals surface area (Å²) in [6.45, 7) is 2.36. The Morgan fingerprint density at radius 1 is 0.500 bits per heavy atom. The van der Waals surface area contributed by atoms with E-state index in [4.69, 9.17) is 23.8 Å². The van der Waals surface area contributed by atoms with Gasteiger partial charge in [0, 0.05) is 13.0 Å². The molecule has 6 atom stereocenters. The fourth-order valence-corrected chi connectivity index (χ4v) is 6.07. The summed E-state index contributed by atoms with van der Waals surface area (Å²) in [5.41, 5.74) is 4.43. The minimum Gasteiger partial charge on any atom is -0.370 e. The van der Waals surface area contributed by atoms with E-state index in [1.165, 1.54) is 0 Å². The monoisotopic (exact) mass is 565 g/mol. The zero-order valence-electron chi connectivity index (χ0n) is 24.0. The second kappa shape index (κ2) is 14.2. The van der Waals surface area contributed by atoms with E-state index in [1.807, 2.05) is 84.9 Å². The van der Waals surface area contributed by atoms with Crippen molar-refractivity contribution in [1.29, 1.82) is 0 Å². The zero-order valence-corrected chi connectivity index (χ0v) is 24.0. The second-order valence-corrected chi connectivity index (χ2v) is 11.0. The average molecular weight is 566 g/mol. The minimum absolute atomic E-state index is 0.0387. The molecule has 2 fully saturated rings. The number of likely N-dealkylation sites (N-methyl/N-ethyl adjacent to an activating group) is 1. The van der Waals surface area contributed by atoms with Crippen LogP contribution in [0.1, 0.15) is 22.3 Å². The van der Waals surface area contributed by atoms with Crippen molar-refractivity contribution in [3.63, 3.8) is 0 Å². The summed E-state index contributed by atoms with van der Waals surface area (Å²) in [5, 5.41) is 1.94. The van der Waals surface area contributed by atoms with Gasteiger partial charge in [-0.2, -0.15) is 5.06 Å². The highest BCUT2D eigenvalue weighted by molar-refractivity contribution is 5.17. The Hall–Kier alpha value is -3.36. The van der Waals surface area contributed by atoms with Gasteiger partial charge in [0.15, 0.2) is 0 Å². The smallest absolute Gasteiger partial charge is 0.114 e. The van der Waals surface area contributed by atoms with Crippen LogP contribution in [0.15, 0.2) is 121 Å². The van der Waals surface area contributed by atoms with Crippen LogP contribution in [0.3, 0.4) is 0 Å². The first-order valence-electron chi connectivity index (χ1n) is 14.7. The molecule has 2 aliphatic rings. The van der Waals surface area contributed by atoms with Crippen molar-refractivity contribution in [3.8, 4) is 0 Å². The van der Waals surface area contributed by atoms with Crippen molar-refractivity contribution in [2.75, 3.05) is 13.7 Å². The highest BCUT2D eigenvalue weighted by Gasteiger charge is 2.57. The highest BCUT2D eigenvalue weighted by atomic mass is 16.7. The summed E-state index contributed by atoms with van der Waals surface area (Å²) in [7, 11) is 1.98. The molecular formula is C36H39NO5. The molecule has 1 heterocycles. The molecule has 0 unspecified atom stereocenters. The zero-order chi connectivity index (χ0) is 28.6. The van der Waals surface area contributed by atoms with Crippen LogP contribution in [0.2, 0.25) is 0 Å². The number of nitrogens with zero attached hydrogens (tertiary/aromatic N) is 1. The van der Waals surface area contributed by atoms with E-state index in [0.717, 1.165) is 22.3 Å². The van der Waals surface area contributed by atoms with E-state index < -0.39 is 6.10 Å². The first kappa shape index (κ1) is 28.7. The van der Waals surface area contributed by atoms with Gasteiger partial charge >= 0.3 is 0 Å². The number of hydrogen-bond acceptors (Lipinski definition) is 6. The molecule has 1 aliphatic carbocycles. The molecule has 4 aromatic rings. The van der Waals surface area contributed by atoms with Gasteiger partial charge in [-0.1, -0.05) is 121 Å². The number of ether oxygens (including phenoxy) is 4. The molecule has 6 heteroatoms. The van der Waals surface area contributed by atoms with E-state index in [2.05, 4.69) is 48.5 Å². The summed E-state index contributed by atoms with van der Waals surface area (Å²) in [6, 6.07) is 41.0. The number of benzene rings is 4. The first-order valence-corrected chi connectivity index (χ1v) is 14.7. The summed E-state index contributed by atoms with van der Waals surface area (Å²) in [5.74, 6) is 0.0387. The van der Waals surface area contributed by atoms with Gasteiger partial charge in [-0.3, -0.25) is 4.84 Å². The van der Waals surface area contributed by atoms with E-state index in [-0.39, 0.29) is 30.3 Å². The van der Waals surface area contributed by atoms with Gasteiger partial charge in [0.05, 0.1) is 45.2 Å². The number of hydroxylamine groups is 2. The lowest BCUT2D eigenvalue weighted by molar-refractivity contribution is -0.247. The van der Waals surface area contributed by atoms with Crippen LogP contribution in [0.4, 0.5) is 0 Å². The molecule has 6 rings (SSSR count). The van der Waals surface area contributed by atoms with E-state index in [9.17, 15) is 0 Å². The number of rotatable bonds is 12. The Morgan fingerprint density at radius 2 is 0.833 bits per heavy atom. The van der Waals surface area contributed by atoms with Gasteiger partial charge in [0.25, 0.3) is 0 Å². The summed E-state index contributed by atoms with van der Waals surface area (Å²) >= 11 is 0. The predicted octanol–water partition coefficient (Wildman–Crippen LogP) is 6.20. The lowest BCUT2D eigenvalue weighted by Crippen LogP contribution is -2.65. The molecule has 0 aromatic heterocycles. The topological polar surface area (TPSA) is 49.4 Å². The van der Waals surface area contributed by atoms with Gasteiger partial charge in [-0.25, -0.2) is 0 Å². The maximum absolute atomic E-state index is 6.80. The molecule has 0 radical (unpaired) electrons. The Balaban J connectivity index is 1.32. The normalized spacial score (nSPS) is 25.7. The van der Waals surface area contributed by atoms with E-state index in [1.54, 1.807) is 0 Å². The van der Waals surface area contributed by atoms with Crippen LogP contribution in [0, 0.1) is 5.92 Å². The van der Waals surface area contributed by atoms with Crippen molar-refractivity contribution in [1.82, 2.24) is 5.06 Å². The summed E-state index contributed by atoms with van der Waals surface area (Å²) < 4.78 is 27.1. The van der Waals surface area contributed by atoms with Crippen molar-refractivity contribution in [2.24, 2.45) is 5.92 Å². The molecule has 0 N–H and O–H groups in total. The molecule has 0 amide bonds. The van der Waals surface area contributed by atoms with Gasteiger partial charge in [-0.05, 0) is 22.3 Å². The van der Waals surface area contributed by atoms with Crippen LogP contribution in [0.25, 0.3) is 0 Å². The third-order valence-electron chi connectivity index (χ3n) is 8.20. The van der Waals surface area contributed by atoms with Crippen LogP contribution >= 0.6 is 0 Å². The lowest BCUT2D eigenvalue weighted by Gasteiger charge is -2.48. The number of hydrogen-bond donors (Lipinski definition) is 0. The molecule has 6 nitrogen and oxygen atoms in total. The number of fused-ring (bicyclic) bond motifs is 1. The Morgan fingerprint density at radius 3 is 1.24 bits per heavy atom. The Kier molecular flexibility index (Phi) is 9.72. The van der Waals surface area contributed by atoms with E-state index >= 15 is 0 Å². The maximum Gasteiger partial charge on any atom is 0.114 e. The van der Waals surface area contributed by atoms with Gasteiger partial charge in [0.2, 0.25) is 0 Å². The fourth-order valence-electron chi connectivity index (χ4n) is 6.07. The molecule has 218 valence electrons. The summed E-state index contributed by atoms with van der Waals surface area (Å²) in [6.07, 6.45) is -1.34. The molecular weight excluding hydrogens is 526 g/mol. The predicted molar refractivity (Wildman–Crippen MR) is 161 cm³/mol. The Labute approximate surface area is 248 Å². The van der Waals surface area contributed by atoms with Crippen molar-refractivity contribution in [2.45, 2.75) is 56.9 Å². The Bertz CT molecular complexity index is 1340. The average Bonchev–Trinajstić information content (AvgIpc) is 3.44. The highest BCUT2D eigenvalue weighted by Crippen LogP contribution is 2.41. The van der Waals surface area contributed by atoms with Gasteiger partial charge < -0.3 is 18.9 Å². The van der Waals surface area contributed by atoms with E-state index in [0.29, 0.717) is 33.0 Å². The largest absolute Gasteiger partial charge is 0.370 e.